The zero-order valence-electron chi connectivity index (χ0n) is 9.71. The molecule has 0 saturated heterocycles. The van der Waals surface area contributed by atoms with E-state index in [4.69, 9.17) is 10.00 Å². The fourth-order valence-corrected chi connectivity index (χ4v) is 2.20. The topological polar surface area (TPSA) is 78.8 Å². The van der Waals surface area contributed by atoms with Crippen molar-refractivity contribution in [2.45, 2.75) is 17.3 Å². The molecule has 18 heavy (non-hydrogen) atoms. The van der Waals surface area contributed by atoms with Gasteiger partial charge in [-0.1, -0.05) is 23.9 Å². The first-order valence-electron chi connectivity index (χ1n) is 5.42. The zero-order valence-corrected chi connectivity index (χ0v) is 10.5. The van der Waals surface area contributed by atoms with Crippen molar-refractivity contribution < 1.29 is 9.53 Å². The van der Waals surface area contributed by atoms with E-state index in [0.717, 1.165) is 22.8 Å². The first-order valence-corrected chi connectivity index (χ1v) is 6.30. The number of benzene rings is 1. The summed E-state index contributed by atoms with van der Waals surface area (Å²) < 4.78 is 4.82. The first kappa shape index (κ1) is 12.5. The molecule has 0 aliphatic heterocycles. The highest BCUT2D eigenvalue weighted by Crippen LogP contribution is 2.23. The molecule has 1 N–H and O–H groups in total. The first-order chi connectivity index (χ1) is 8.74. The van der Waals surface area contributed by atoms with Gasteiger partial charge in [-0.05, 0) is 19.1 Å². The van der Waals surface area contributed by atoms with Crippen LogP contribution >= 0.6 is 11.8 Å². The number of nitrogens with zero attached hydrogens (tertiary/aromatic N) is 2. The molecule has 6 heteroatoms. The number of imidazole rings is 1. The molecule has 0 unspecified atom stereocenters. The third-order valence-corrected chi connectivity index (χ3v) is 3.17. The van der Waals surface area contributed by atoms with Gasteiger partial charge in [0.1, 0.15) is 0 Å². The average molecular weight is 261 g/mol. The Kier molecular flexibility index (Phi) is 3.85. The quantitative estimate of drug-likeness (QED) is 0.673. The molecule has 0 aliphatic carbocycles. The third kappa shape index (κ3) is 2.63. The number of nitriles is 1. The molecule has 0 spiro atoms. The molecule has 0 aliphatic rings. The van der Waals surface area contributed by atoms with Crippen molar-refractivity contribution in [1.82, 2.24) is 9.97 Å². The molecule has 0 radical (unpaired) electrons. The number of esters is 1. The molecule has 0 amide bonds. The number of carbonyl (C=O) groups is 1. The van der Waals surface area contributed by atoms with Gasteiger partial charge in [0.15, 0.2) is 10.4 Å². The van der Waals surface area contributed by atoms with E-state index in [-0.39, 0.29) is 6.61 Å². The molecule has 1 aromatic heterocycles. The lowest BCUT2D eigenvalue weighted by Gasteiger charge is -2.05. The largest absolute Gasteiger partial charge is 0.464 e. The minimum absolute atomic E-state index is 0.262. The second-order valence-corrected chi connectivity index (χ2v) is 4.53. The maximum Gasteiger partial charge on any atom is 0.334 e. The number of rotatable bonds is 4. The van der Waals surface area contributed by atoms with Gasteiger partial charge in [0, 0.05) is 0 Å². The molecule has 0 bridgehead atoms. The maximum atomic E-state index is 11.5. The number of thioether (sulfide) groups is 1. The summed E-state index contributed by atoms with van der Waals surface area (Å²) in [6.45, 7) is 1.97. The van der Waals surface area contributed by atoms with Crippen LogP contribution in [0.15, 0.2) is 29.4 Å². The second kappa shape index (κ2) is 5.56. The van der Waals surface area contributed by atoms with Gasteiger partial charge in [0.25, 0.3) is 0 Å². The fraction of sp³-hybridized carbons (Fsp3) is 0.250. The molecule has 0 saturated carbocycles. The number of hydrogen-bond donors (Lipinski definition) is 1. The van der Waals surface area contributed by atoms with Gasteiger partial charge in [-0.2, -0.15) is 5.26 Å². The standard InChI is InChI=1S/C12H11N3O2S/c1-2-17-11(16)10(7-13)18-12-14-8-5-3-4-6-9(8)15-12/h3-6,10H,2H2,1H3,(H,14,15)/t10-/m0/s1. The van der Waals surface area contributed by atoms with Crippen molar-refractivity contribution in [2.24, 2.45) is 0 Å². The van der Waals surface area contributed by atoms with E-state index in [1.54, 1.807) is 6.92 Å². The molecule has 1 aromatic carbocycles. The highest BCUT2D eigenvalue weighted by Gasteiger charge is 2.22. The lowest BCUT2D eigenvalue weighted by Crippen LogP contribution is -2.18. The lowest BCUT2D eigenvalue weighted by molar-refractivity contribution is -0.141. The molecule has 2 aromatic rings. The number of hydrogen-bond acceptors (Lipinski definition) is 5. The Balaban J connectivity index is 2.17. The van der Waals surface area contributed by atoms with Crippen LogP contribution in [0.3, 0.4) is 0 Å². The zero-order chi connectivity index (χ0) is 13.0. The van der Waals surface area contributed by atoms with Crippen LogP contribution in [0.25, 0.3) is 11.0 Å². The Morgan fingerprint density at radius 2 is 2.39 bits per heavy atom. The van der Waals surface area contributed by atoms with Crippen LogP contribution < -0.4 is 0 Å². The number of fused-ring (bicyclic) bond motifs is 1. The van der Waals surface area contributed by atoms with Crippen LogP contribution in [-0.2, 0) is 9.53 Å². The number of aromatic amines is 1. The molecule has 1 atom stereocenters. The van der Waals surface area contributed by atoms with Gasteiger partial charge in [-0.25, -0.2) is 9.78 Å². The lowest BCUT2D eigenvalue weighted by atomic mass is 10.3. The number of carbonyl (C=O) groups excluding carboxylic acids is 1. The molecule has 1 heterocycles. The smallest absolute Gasteiger partial charge is 0.334 e. The fourth-order valence-electron chi connectivity index (χ4n) is 1.44. The predicted octanol–water partition coefficient (Wildman–Crippen LogP) is 2.11. The van der Waals surface area contributed by atoms with Crippen LogP contribution in [0.2, 0.25) is 0 Å². The summed E-state index contributed by atoms with van der Waals surface area (Å²) >= 11 is 1.06. The monoisotopic (exact) mass is 261 g/mol. The van der Waals surface area contributed by atoms with Crippen molar-refractivity contribution in [1.29, 1.82) is 5.26 Å². The van der Waals surface area contributed by atoms with E-state index >= 15 is 0 Å². The number of aromatic nitrogens is 2. The van der Waals surface area contributed by atoms with Gasteiger partial charge in [-0.3, -0.25) is 0 Å². The van der Waals surface area contributed by atoms with E-state index in [1.165, 1.54) is 0 Å². The molecular formula is C12H11N3O2S. The molecule has 5 nitrogen and oxygen atoms in total. The summed E-state index contributed by atoms with van der Waals surface area (Å²) in [5, 5.41) is 8.59. The predicted molar refractivity (Wildman–Crippen MR) is 68.0 cm³/mol. The van der Waals surface area contributed by atoms with Gasteiger partial charge >= 0.3 is 5.97 Å². The Labute approximate surface area is 108 Å². The minimum atomic E-state index is -0.898. The van der Waals surface area contributed by atoms with E-state index in [2.05, 4.69) is 9.97 Å². The Morgan fingerprint density at radius 1 is 1.61 bits per heavy atom. The SMILES string of the molecule is CCOC(=O)[C@H](C#N)Sc1nc2ccccc2[nH]1. The maximum absolute atomic E-state index is 11.5. The van der Waals surface area contributed by atoms with Gasteiger partial charge in [0.2, 0.25) is 0 Å². The van der Waals surface area contributed by atoms with Crippen LogP contribution in [-0.4, -0.2) is 27.8 Å². The van der Waals surface area contributed by atoms with E-state index in [9.17, 15) is 4.79 Å². The molecule has 0 fully saturated rings. The number of para-hydroxylation sites is 2. The van der Waals surface area contributed by atoms with Crippen LogP contribution in [0.1, 0.15) is 6.92 Å². The van der Waals surface area contributed by atoms with Crippen LogP contribution in [0, 0.1) is 11.3 Å². The van der Waals surface area contributed by atoms with Crippen LogP contribution in [0.5, 0.6) is 0 Å². The van der Waals surface area contributed by atoms with Crippen molar-refractivity contribution in [3.05, 3.63) is 24.3 Å². The molecule has 92 valence electrons. The minimum Gasteiger partial charge on any atom is -0.464 e. The van der Waals surface area contributed by atoms with Crippen molar-refractivity contribution >= 4 is 28.8 Å². The second-order valence-electron chi connectivity index (χ2n) is 3.44. The van der Waals surface area contributed by atoms with Gasteiger partial charge in [0.05, 0.1) is 23.7 Å². The van der Waals surface area contributed by atoms with Crippen molar-refractivity contribution in [3.63, 3.8) is 0 Å². The Bertz CT molecular complexity index is 570. The van der Waals surface area contributed by atoms with Crippen molar-refractivity contribution in [3.8, 4) is 6.07 Å². The van der Waals surface area contributed by atoms with Gasteiger partial charge < -0.3 is 9.72 Å². The summed E-state index contributed by atoms with van der Waals surface area (Å²) in [6.07, 6.45) is 0. The Morgan fingerprint density at radius 3 is 3.06 bits per heavy atom. The van der Waals surface area contributed by atoms with Crippen molar-refractivity contribution in [2.75, 3.05) is 6.61 Å². The van der Waals surface area contributed by atoms with E-state index in [1.807, 2.05) is 30.3 Å². The summed E-state index contributed by atoms with van der Waals surface area (Å²) in [4.78, 5) is 18.8. The normalized spacial score (nSPS) is 12.0. The van der Waals surface area contributed by atoms with Gasteiger partial charge in [-0.15, -0.1) is 0 Å². The highest BCUT2D eigenvalue weighted by molar-refractivity contribution is 8.00. The number of ether oxygens (including phenoxy) is 1. The summed E-state index contributed by atoms with van der Waals surface area (Å²) in [6, 6.07) is 9.43. The number of H-pyrrole nitrogens is 1. The third-order valence-electron chi connectivity index (χ3n) is 2.22. The number of nitrogens with one attached hydrogen (secondary N) is 1. The average Bonchev–Trinajstić information content (AvgIpc) is 2.78. The Hall–Kier alpha value is -2.00. The summed E-state index contributed by atoms with van der Waals surface area (Å²) in [5.41, 5.74) is 1.68. The van der Waals surface area contributed by atoms with E-state index in [0.29, 0.717) is 5.16 Å². The van der Waals surface area contributed by atoms with Crippen LogP contribution in [0.4, 0.5) is 0 Å². The highest BCUT2D eigenvalue weighted by atomic mass is 32.2. The summed E-state index contributed by atoms with van der Waals surface area (Å²) in [7, 11) is 0. The van der Waals surface area contributed by atoms with E-state index < -0.39 is 11.2 Å². The molecule has 2 rings (SSSR count). The summed E-state index contributed by atoms with van der Waals surface area (Å²) in [5.74, 6) is -0.537. The molecular weight excluding hydrogens is 250 g/mol.